The van der Waals surface area contributed by atoms with Gasteiger partial charge in [0.2, 0.25) is 0 Å². The Labute approximate surface area is 109 Å². The Kier molecular flexibility index (Phi) is 3.56. The van der Waals surface area contributed by atoms with E-state index in [0.29, 0.717) is 29.1 Å². The zero-order chi connectivity index (χ0) is 13.3. The highest BCUT2D eigenvalue weighted by molar-refractivity contribution is 6.18. The molecule has 0 aromatic carbocycles. The summed E-state index contributed by atoms with van der Waals surface area (Å²) < 4.78 is 1.43. The number of H-pyrrole nitrogens is 1. The highest BCUT2D eigenvalue weighted by Crippen LogP contribution is 2.13. The normalized spacial score (nSPS) is 13.2. The van der Waals surface area contributed by atoms with Crippen molar-refractivity contribution in [3.63, 3.8) is 0 Å². The first-order valence-electron chi connectivity index (χ1n) is 5.80. The fraction of sp³-hybridized carbons (Fsp3) is 0.545. The summed E-state index contributed by atoms with van der Waals surface area (Å²) in [5.41, 5.74) is 0.270. The van der Waals surface area contributed by atoms with Crippen molar-refractivity contribution in [1.29, 1.82) is 0 Å². The summed E-state index contributed by atoms with van der Waals surface area (Å²) in [6, 6.07) is 1.86. The Morgan fingerprint density at radius 3 is 2.89 bits per heavy atom. The number of alkyl halides is 1. The smallest absolute Gasteiger partial charge is 0.349 e. The SMILES string of the molecule is Cc1nc(NC(CCl)C(C)C)cc2n[nH]c(=O)n12. The average molecular weight is 270 g/mol. The number of fused-ring (bicyclic) bond motifs is 1. The Morgan fingerprint density at radius 2 is 2.28 bits per heavy atom. The molecule has 0 aliphatic carbocycles. The van der Waals surface area contributed by atoms with E-state index in [1.54, 1.807) is 13.0 Å². The Balaban J connectivity index is 2.38. The first-order chi connectivity index (χ1) is 8.52. The van der Waals surface area contributed by atoms with E-state index in [1.165, 1.54) is 4.40 Å². The molecular weight excluding hydrogens is 254 g/mol. The van der Waals surface area contributed by atoms with Crippen LogP contribution in [0.25, 0.3) is 5.65 Å². The van der Waals surface area contributed by atoms with Crippen molar-refractivity contribution in [2.24, 2.45) is 5.92 Å². The van der Waals surface area contributed by atoms with Crippen LogP contribution in [0.15, 0.2) is 10.9 Å². The maximum Gasteiger partial charge on any atom is 0.349 e. The number of aryl methyl sites for hydroxylation is 1. The van der Waals surface area contributed by atoms with Crippen LogP contribution in [0.5, 0.6) is 0 Å². The van der Waals surface area contributed by atoms with Crippen LogP contribution in [0.2, 0.25) is 0 Å². The molecule has 7 heteroatoms. The molecule has 2 rings (SSSR count). The molecule has 0 radical (unpaired) electrons. The summed E-state index contributed by atoms with van der Waals surface area (Å²) in [6.07, 6.45) is 0. The molecule has 0 fully saturated rings. The number of anilines is 1. The second-order valence-corrected chi connectivity index (χ2v) is 4.87. The van der Waals surface area contributed by atoms with Crippen LogP contribution in [0.3, 0.4) is 0 Å². The lowest BCUT2D eigenvalue weighted by Crippen LogP contribution is -2.28. The van der Waals surface area contributed by atoms with Gasteiger partial charge in [0.05, 0.1) is 0 Å². The molecule has 0 saturated heterocycles. The number of rotatable bonds is 4. The van der Waals surface area contributed by atoms with Crippen LogP contribution in [0.1, 0.15) is 19.7 Å². The molecule has 0 aliphatic heterocycles. The third-order valence-corrected chi connectivity index (χ3v) is 3.21. The fourth-order valence-electron chi connectivity index (χ4n) is 1.74. The minimum absolute atomic E-state index is 0.131. The van der Waals surface area contributed by atoms with Gasteiger partial charge >= 0.3 is 5.69 Å². The van der Waals surface area contributed by atoms with Crippen LogP contribution in [0, 0.1) is 12.8 Å². The quantitative estimate of drug-likeness (QED) is 0.823. The topological polar surface area (TPSA) is 75.1 Å². The second kappa shape index (κ2) is 4.97. The summed E-state index contributed by atoms with van der Waals surface area (Å²) in [6.45, 7) is 5.94. The molecular formula is C11H16ClN5O. The lowest BCUT2D eigenvalue weighted by molar-refractivity contribution is 0.562. The molecule has 0 saturated carbocycles. The van der Waals surface area contributed by atoms with Crippen molar-refractivity contribution >= 4 is 23.1 Å². The number of hydrogen-bond acceptors (Lipinski definition) is 4. The molecule has 2 aromatic heterocycles. The monoisotopic (exact) mass is 269 g/mol. The molecule has 1 unspecified atom stereocenters. The molecule has 0 spiro atoms. The largest absolute Gasteiger partial charge is 0.366 e. The third-order valence-electron chi connectivity index (χ3n) is 2.87. The standard InChI is InChI=1S/C11H16ClN5O/c1-6(2)8(5-12)14-9-4-10-15-16-11(18)17(10)7(3)13-9/h4,6,8,14H,5H2,1-3H3,(H,16,18). The van der Waals surface area contributed by atoms with E-state index >= 15 is 0 Å². The minimum atomic E-state index is -0.278. The van der Waals surface area contributed by atoms with E-state index < -0.39 is 0 Å². The van der Waals surface area contributed by atoms with Gasteiger partial charge in [0, 0.05) is 18.0 Å². The molecule has 0 aliphatic rings. The van der Waals surface area contributed by atoms with Gasteiger partial charge in [0.25, 0.3) is 0 Å². The molecule has 1 atom stereocenters. The number of aromatic amines is 1. The summed E-state index contributed by atoms with van der Waals surface area (Å²) in [4.78, 5) is 15.8. The number of aromatic nitrogens is 4. The van der Waals surface area contributed by atoms with Gasteiger partial charge in [-0.15, -0.1) is 11.6 Å². The highest BCUT2D eigenvalue weighted by atomic mass is 35.5. The molecule has 2 N–H and O–H groups in total. The van der Waals surface area contributed by atoms with Gasteiger partial charge in [-0.2, -0.15) is 5.10 Å². The molecule has 98 valence electrons. The van der Waals surface area contributed by atoms with Crippen molar-refractivity contribution in [3.05, 3.63) is 22.4 Å². The molecule has 18 heavy (non-hydrogen) atoms. The van der Waals surface area contributed by atoms with Crippen molar-refractivity contribution in [3.8, 4) is 0 Å². The molecule has 0 bridgehead atoms. The predicted molar refractivity (Wildman–Crippen MR) is 71.3 cm³/mol. The summed E-state index contributed by atoms with van der Waals surface area (Å²) in [5, 5.41) is 9.59. The number of nitrogens with one attached hydrogen (secondary N) is 2. The minimum Gasteiger partial charge on any atom is -0.366 e. The Morgan fingerprint density at radius 1 is 1.56 bits per heavy atom. The van der Waals surface area contributed by atoms with Gasteiger partial charge in [-0.1, -0.05) is 13.8 Å². The van der Waals surface area contributed by atoms with Crippen LogP contribution in [-0.4, -0.2) is 31.5 Å². The number of hydrogen-bond donors (Lipinski definition) is 2. The Bertz CT molecular complexity index is 603. The van der Waals surface area contributed by atoms with Crippen LogP contribution in [-0.2, 0) is 0 Å². The average Bonchev–Trinajstić information content (AvgIpc) is 2.68. The molecule has 2 heterocycles. The Hall–Kier alpha value is -1.56. The van der Waals surface area contributed by atoms with Gasteiger partial charge in [-0.3, -0.25) is 0 Å². The summed E-state index contributed by atoms with van der Waals surface area (Å²) >= 11 is 5.91. The highest BCUT2D eigenvalue weighted by Gasteiger charge is 2.14. The van der Waals surface area contributed by atoms with E-state index in [4.69, 9.17) is 11.6 Å². The third kappa shape index (κ3) is 2.33. The van der Waals surface area contributed by atoms with Gasteiger partial charge < -0.3 is 5.32 Å². The van der Waals surface area contributed by atoms with Crippen LogP contribution in [0.4, 0.5) is 5.82 Å². The van der Waals surface area contributed by atoms with E-state index in [2.05, 4.69) is 34.3 Å². The zero-order valence-corrected chi connectivity index (χ0v) is 11.3. The lowest BCUT2D eigenvalue weighted by Gasteiger charge is -2.20. The van der Waals surface area contributed by atoms with E-state index in [1.807, 2.05) is 0 Å². The van der Waals surface area contributed by atoms with Crippen molar-refractivity contribution < 1.29 is 0 Å². The lowest BCUT2D eigenvalue weighted by atomic mass is 10.1. The van der Waals surface area contributed by atoms with Crippen LogP contribution < -0.4 is 11.0 Å². The number of nitrogens with zero attached hydrogens (tertiary/aromatic N) is 3. The van der Waals surface area contributed by atoms with Crippen molar-refractivity contribution in [2.45, 2.75) is 26.8 Å². The fourth-order valence-corrected chi connectivity index (χ4v) is 2.18. The maximum absolute atomic E-state index is 11.5. The summed E-state index contributed by atoms with van der Waals surface area (Å²) in [5.74, 6) is 2.16. The predicted octanol–water partition coefficient (Wildman–Crippen LogP) is 1.40. The van der Waals surface area contributed by atoms with Crippen molar-refractivity contribution in [2.75, 3.05) is 11.2 Å². The number of halogens is 1. The first kappa shape index (κ1) is 12.9. The van der Waals surface area contributed by atoms with E-state index in [-0.39, 0.29) is 11.7 Å². The van der Waals surface area contributed by atoms with E-state index in [9.17, 15) is 4.79 Å². The molecule has 2 aromatic rings. The summed E-state index contributed by atoms with van der Waals surface area (Å²) in [7, 11) is 0. The zero-order valence-electron chi connectivity index (χ0n) is 10.6. The van der Waals surface area contributed by atoms with Gasteiger partial charge in [0.1, 0.15) is 11.6 Å². The van der Waals surface area contributed by atoms with Gasteiger partial charge in [-0.25, -0.2) is 19.3 Å². The second-order valence-electron chi connectivity index (χ2n) is 4.56. The van der Waals surface area contributed by atoms with E-state index in [0.717, 1.165) is 0 Å². The van der Waals surface area contributed by atoms with Crippen molar-refractivity contribution in [1.82, 2.24) is 19.6 Å². The van der Waals surface area contributed by atoms with Gasteiger partial charge in [0.15, 0.2) is 5.65 Å². The van der Waals surface area contributed by atoms with Crippen LogP contribution >= 0.6 is 11.6 Å². The molecule has 6 nitrogen and oxygen atoms in total. The molecule has 0 amide bonds. The first-order valence-corrected chi connectivity index (χ1v) is 6.33. The maximum atomic E-state index is 11.5. The van der Waals surface area contributed by atoms with Gasteiger partial charge in [-0.05, 0) is 12.8 Å².